The van der Waals surface area contributed by atoms with Crippen molar-refractivity contribution in [3.63, 3.8) is 0 Å². The number of carbonyl (C=O) groups is 3. The number of aromatic nitrogens is 1. The largest absolute Gasteiger partial charge is 0.354 e. The van der Waals surface area contributed by atoms with Crippen molar-refractivity contribution >= 4 is 40.2 Å². The number of likely N-dealkylation sites (tertiary alicyclic amines) is 1. The molecular weight excluding hydrogens is 378 g/mol. The van der Waals surface area contributed by atoms with E-state index in [2.05, 4.69) is 5.32 Å². The van der Waals surface area contributed by atoms with Gasteiger partial charge in [-0.25, -0.2) is 0 Å². The lowest BCUT2D eigenvalue weighted by atomic mass is 9.84. The maximum absolute atomic E-state index is 12.6. The Morgan fingerprint density at radius 2 is 1.93 bits per heavy atom. The summed E-state index contributed by atoms with van der Waals surface area (Å²) in [5.74, 6) is -0.351. The fourth-order valence-electron chi connectivity index (χ4n) is 4.50. The zero-order valence-corrected chi connectivity index (χ0v) is 16.5. The van der Waals surface area contributed by atoms with E-state index in [0.717, 1.165) is 36.6 Å². The number of nitrogens with one attached hydrogen (secondary N) is 1. The van der Waals surface area contributed by atoms with Gasteiger partial charge in [0.05, 0.1) is 5.41 Å². The predicted octanol–water partition coefficient (Wildman–Crippen LogP) is 3.12. The first-order valence-corrected chi connectivity index (χ1v) is 10.2. The minimum absolute atomic E-state index is 0.0708. The maximum atomic E-state index is 12.6. The van der Waals surface area contributed by atoms with Gasteiger partial charge >= 0.3 is 0 Å². The standard InChI is InChI=1S/C21H24ClN3O3/c22-16-4-3-15-5-10-24(17(15)13-16)12-9-23-18(26)6-11-25-19(27)14-21(20(25)28)7-1-2-8-21/h3-5,10,13H,1-2,6-9,11-12,14H2,(H,23,26). The van der Waals surface area contributed by atoms with Gasteiger partial charge < -0.3 is 9.88 Å². The van der Waals surface area contributed by atoms with Gasteiger partial charge in [-0.1, -0.05) is 30.5 Å². The van der Waals surface area contributed by atoms with Gasteiger partial charge in [-0.3, -0.25) is 19.3 Å². The Morgan fingerprint density at radius 3 is 2.71 bits per heavy atom. The van der Waals surface area contributed by atoms with Crippen LogP contribution in [0.3, 0.4) is 0 Å². The minimum atomic E-state index is -0.468. The number of carbonyl (C=O) groups excluding carboxylic acids is 3. The average molecular weight is 402 g/mol. The van der Waals surface area contributed by atoms with Gasteiger partial charge in [0.1, 0.15) is 0 Å². The molecule has 3 amide bonds. The van der Waals surface area contributed by atoms with Gasteiger partial charge in [-0.05, 0) is 36.4 Å². The van der Waals surface area contributed by atoms with E-state index in [4.69, 9.17) is 11.6 Å². The number of nitrogens with zero attached hydrogens (tertiary/aromatic N) is 2. The van der Waals surface area contributed by atoms with Gasteiger partial charge in [-0.2, -0.15) is 0 Å². The molecule has 7 heteroatoms. The highest BCUT2D eigenvalue weighted by molar-refractivity contribution is 6.31. The molecule has 1 N–H and O–H groups in total. The van der Waals surface area contributed by atoms with Gasteiger partial charge in [-0.15, -0.1) is 0 Å². The first-order chi connectivity index (χ1) is 13.5. The van der Waals surface area contributed by atoms with Gasteiger partial charge in [0.2, 0.25) is 17.7 Å². The monoisotopic (exact) mass is 401 g/mol. The summed E-state index contributed by atoms with van der Waals surface area (Å²) >= 11 is 6.06. The molecule has 1 saturated carbocycles. The number of hydrogen-bond acceptors (Lipinski definition) is 3. The third-order valence-corrected chi connectivity index (χ3v) is 6.26. The quantitative estimate of drug-likeness (QED) is 0.756. The third-order valence-electron chi connectivity index (χ3n) is 6.02. The Hall–Kier alpha value is -2.34. The van der Waals surface area contributed by atoms with E-state index in [1.807, 2.05) is 35.0 Å². The van der Waals surface area contributed by atoms with Gasteiger partial charge in [0, 0.05) is 49.2 Å². The number of amides is 3. The second-order valence-electron chi connectivity index (χ2n) is 7.83. The van der Waals surface area contributed by atoms with E-state index in [1.54, 1.807) is 0 Å². The van der Waals surface area contributed by atoms with Crippen molar-refractivity contribution in [1.82, 2.24) is 14.8 Å². The second kappa shape index (κ2) is 7.59. The highest BCUT2D eigenvalue weighted by atomic mass is 35.5. The summed E-state index contributed by atoms with van der Waals surface area (Å²) in [5.41, 5.74) is 0.557. The molecule has 1 aromatic carbocycles. The van der Waals surface area contributed by atoms with Crippen LogP contribution < -0.4 is 5.32 Å². The molecule has 2 aromatic rings. The molecule has 148 valence electrons. The molecule has 1 aliphatic carbocycles. The van der Waals surface area contributed by atoms with Crippen molar-refractivity contribution in [2.24, 2.45) is 5.41 Å². The Bertz CT molecular complexity index is 930. The van der Waals surface area contributed by atoms with Crippen molar-refractivity contribution in [1.29, 1.82) is 0 Å². The summed E-state index contributed by atoms with van der Waals surface area (Å²) in [5, 5.41) is 4.65. The number of imide groups is 1. The maximum Gasteiger partial charge on any atom is 0.235 e. The highest BCUT2D eigenvalue weighted by Gasteiger charge is 2.52. The molecule has 0 bridgehead atoms. The molecule has 28 heavy (non-hydrogen) atoms. The summed E-state index contributed by atoms with van der Waals surface area (Å²) < 4.78 is 2.04. The topological polar surface area (TPSA) is 71.4 Å². The molecular formula is C21H24ClN3O3. The molecule has 0 unspecified atom stereocenters. The van der Waals surface area contributed by atoms with E-state index in [0.29, 0.717) is 24.5 Å². The van der Waals surface area contributed by atoms with Crippen LogP contribution in [0.4, 0.5) is 0 Å². The van der Waals surface area contributed by atoms with Crippen LogP contribution >= 0.6 is 11.6 Å². The van der Waals surface area contributed by atoms with Gasteiger partial charge in [0.15, 0.2) is 0 Å². The minimum Gasteiger partial charge on any atom is -0.354 e. The molecule has 0 atom stereocenters. The van der Waals surface area contributed by atoms with E-state index >= 15 is 0 Å². The molecule has 1 saturated heterocycles. The van der Waals surface area contributed by atoms with Crippen LogP contribution in [0.2, 0.25) is 5.02 Å². The lowest BCUT2D eigenvalue weighted by Gasteiger charge is -2.20. The van der Waals surface area contributed by atoms with Gasteiger partial charge in [0.25, 0.3) is 0 Å². The van der Waals surface area contributed by atoms with Crippen molar-refractivity contribution in [3.8, 4) is 0 Å². The van der Waals surface area contributed by atoms with Crippen LogP contribution in [0, 0.1) is 5.41 Å². The Balaban J connectivity index is 1.26. The Labute approximate surface area is 168 Å². The molecule has 6 nitrogen and oxygen atoms in total. The molecule has 0 radical (unpaired) electrons. The number of fused-ring (bicyclic) bond motifs is 1. The van der Waals surface area contributed by atoms with Crippen LogP contribution in [-0.4, -0.2) is 40.3 Å². The van der Waals surface area contributed by atoms with E-state index in [1.165, 1.54) is 4.90 Å². The summed E-state index contributed by atoms with van der Waals surface area (Å²) in [6.45, 7) is 1.27. The number of rotatable bonds is 6. The molecule has 1 aliphatic heterocycles. The summed E-state index contributed by atoms with van der Waals surface area (Å²) in [6, 6.07) is 7.74. The van der Waals surface area contributed by atoms with Crippen LogP contribution in [0.15, 0.2) is 30.5 Å². The fraction of sp³-hybridized carbons (Fsp3) is 0.476. The molecule has 2 heterocycles. The van der Waals surface area contributed by atoms with Crippen LogP contribution in [0.1, 0.15) is 38.5 Å². The van der Waals surface area contributed by atoms with Crippen molar-refractivity contribution in [3.05, 3.63) is 35.5 Å². The summed E-state index contributed by atoms with van der Waals surface area (Å²) in [6.07, 6.45) is 6.04. The van der Waals surface area contributed by atoms with E-state index in [-0.39, 0.29) is 30.7 Å². The number of hydrogen-bond donors (Lipinski definition) is 1. The molecule has 2 aliphatic rings. The lowest BCUT2D eigenvalue weighted by molar-refractivity contribution is -0.141. The Morgan fingerprint density at radius 1 is 1.14 bits per heavy atom. The SMILES string of the molecule is O=C(CCN1C(=O)CC2(CCCC2)C1=O)NCCn1ccc2ccc(Cl)cc21. The van der Waals surface area contributed by atoms with Crippen molar-refractivity contribution < 1.29 is 14.4 Å². The number of benzene rings is 1. The van der Waals surface area contributed by atoms with Crippen molar-refractivity contribution in [2.45, 2.75) is 45.1 Å². The molecule has 2 fully saturated rings. The zero-order valence-electron chi connectivity index (χ0n) is 15.7. The smallest absolute Gasteiger partial charge is 0.235 e. The predicted molar refractivity (Wildman–Crippen MR) is 107 cm³/mol. The Kier molecular flexibility index (Phi) is 5.15. The van der Waals surface area contributed by atoms with Crippen LogP contribution in [0.5, 0.6) is 0 Å². The first kappa shape index (κ1) is 19.0. The zero-order chi connectivity index (χ0) is 19.7. The fourth-order valence-corrected chi connectivity index (χ4v) is 4.66. The normalized spacial score (nSPS) is 18.5. The summed E-state index contributed by atoms with van der Waals surface area (Å²) in [7, 11) is 0. The van der Waals surface area contributed by atoms with Crippen LogP contribution in [-0.2, 0) is 20.9 Å². The van der Waals surface area contributed by atoms with E-state index < -0.39 is 5.41 Å². The number of halogens is 1. The first-order valence-electron chi connectivity index (χ1n) is 9.84. The summed E-state index contributed by atoms with van der Waals surface area (Å²) in [4.78, 5) is 38.4. The second-order valence-corrected chi connectivity index (χ2v) is 8.26. The van der Waals surface area contributed by atoms with Crippen molar-refractivity contribution in [2.75, 3.05) is 13.1 Å². The van der Waals surface area contributed by atoms with Crippen LogP contribution in [0.25, 0.3) is 10.9 Å². The average Bonchev–Trinajstić information content (AvgIpc) is 3.34. The molecule has 1 aromatic heterocycles. The van der Waals surface area contributed by atoms with E-state index in [9.17, 15) is 14.4 Å². The lowest BCUT2D eigenvalue weighted by Crippen LogP contribution is -2.37. The molecule has 4 rings (SSSR count). The third kappa shape index (κ3) is 3.53. The molecule has 1 spiro atoms. The highest BCUT2D eigenvalue weighted by Crippen LogP contribution is 2.46.